The smallest absolute Gasteiger partial charge is 0.255 e. The second-order valence-corrected chi connectivity index (χ2v) is 7.43. The number of piperidine rings is 1. The van der Waals surface area contributed by atoms with Crippen LogP contribution in [0.1, 0.15) is 37.3 Å². The van der Waals surface area contributed by atoms with E-state index in [-0.39, 0.29) is 11.4 Å². The number of rotatable bonds is 4. The van der Waals surface area contributed by atoms with Crippen molar-refractivity contribution in [3.8, 4) is 0 Å². The van der Waals surface area contributed by atoms with Crippen LogP contribution in [0.15, 0.2) is 53.6 Å². The summed E-state index contributed by atoms with van der Waals surface area (Å²) in [6.45, 7) is 4.30. The average Bonchev–Trinajstić information content (AvgIpc) is 2.68. The van der Waals surface area contributed by atoms with Gasteiger partial charge >= 0.3 is 0 Å². The van der Waals surface area contributed by atoms with Gasteiger partial charge in [-0.05, 0) is 73.7 Å². The molecule has 0 radical (unpaired) electrons. The van der Waals surface area contributed by atoms with Crippen LogP contribution >= 0.6 is 0 Å². The molecule has 0 saturated carbocycles. The monoisotopic (exact) mass is 365 g/mol. The van der Waals surface area contributed by atoms with E-state index in [4.69, 9.17) is 0 Å². The molecule has 1 aromatic carbocycles. The largest absolute Gasteiger partial charge is 0.303 e. The zero-order chi connectivity index (χ0) is 18.8. The van der Waals surface area contributed by atoms with E-state index in [1.54, 1.807) is 23.0 Å². The van der Waals surface area contributed by atoms with Gasteiger partial charge in [0, 0.05) is 30.5 Å². The number of benzene rings is 1. The van der Waals surface area contributed by atoms with Gasteiger partial charge in [-0.15, -0.1) is 0 Å². The van der Waals surface area contributed by atoms with E-state index in [1.165, 1.54) is 31.4 Å². The highest BCUT2D eigenvalue weighted by Gasteiger charge is 2.20. The van der Waals surface area contributed by atoms with Gasteiger partial charge in [-0.3, -0.25) is 14.7 Å². The molecule has 3 heterocycles. The predicted molar refractivity (Wildman–Crippen MR) is 105 cm³/mol. The van der Waals surface area contributed by atoms with E-state index in [0.29, 0.717) is 24.6 Å². The van der Waals surface area contributed by atoms with Crippen molar-refractivity contribution in [3.05, 3.63) is 76.1 Å². The van der Waals surface area contributed by atoms with Crippen molar-refractivity contribution in [2.45, 2.75) is 45.3 Å². The van der Waals surface area contributed by atoms with E-state index in [9.17, 15) is 9.18 Å². The van der Waals surface area contributed by atoms with Gasteiger partial charge in [0.2, 0.25) is 0 Å². The lowest BCUT2D eigenvalue weighted by molar-refractivity contribution is 0.152. The minimum Gasteiger partial charge on any atom is -0.303 e. The van der Waals surface area contributed by atoms with Crippen LogP contribution in [-0.4, -0.2) is 27.0 Å². The van der Waals surface area contributed by atoms with Gasteiger partial charge in [0.05, 0.1) is 12.1 Å². The number of hydrogen-bond acceptors (Lipinski definition) is 3. The Hall–Kier alpha value is -2.53. The molecular formula is C22H24FN3O. The van der Waals surface area contributed by atoms with Crippen LogP contribution in [0, 0.1) is 5.82 Å². The van der Waals surface area contributed by atoms with Gasteiger partial charge in [0.15, 0.2) is 0 Å². The molecule has 1 saturated heterocycles. The Bertz CT molecular complexity index is 1000. The Kier molecular flexibility index (Phi) is 5.03. The SMILES string of the molecule is C[C@@H]1CCCCN1Cc1cc2ccc(F)cc2n(Cc2ccncc2)c1=O. The molecular weight excluding hydrogens is 341 g/mol. The summed E-state index contributed by atoms with van der Waals surface area (Å²) in [7, 11) is 0. The molecule has 4 rings (SSSR count). The summed E-state index contributed by atoms with van der Waals surface area (Å²) >= 11 is 0. The highest BCUT2D eigenvalue weighted by atomic mass is 19.1. The highest BCUT2D eigenvalue weighted by molar-refractivity contribution is 5.79. The van der Waals surface area contributed by atoms with Crippen molar-refractivity contribution in [2.75, 3.05) is 6.54 Å². The first-order valence-electron chi connectivity index (χ1n) is 9.57. The first-order chi connectivity index (χ1) is 13.1. The summed E-state index contributed by atoms with van der Waals surface area (Å²) in [6, 6.07) is 10.9. The molecule has 2 aromatic heterocycles. The van der Waals surface area contributed by atoms with Crippen molar-refractivity contribution >= 4 is 10.9 Å². The van der Waals surface area contributed by atoms with Crippen LogP contribution in [0.4, 0.5) is 4.39 Å². The number of fused-ring (bicyclic) bond motifs is 1. The lowest BCUT2D eigenvalue weighted by Gasteiger charge is -2.33. The fraction of sp³-hybridized carbons (Fsp3) is 0.364. The summed E-state index contributed by atoms with van der Waals surface area (Å²) in [5.74, 6) is -0.331. The average molecular weight is 365 g/mol. The normalized spacial score (nSPS) is 18.1. The second kappa shape index (κ2) is 7.61. The third-order valence-electron chi connectivity index (χ3n) is 5.54. The van der Waals surface area contributed by atoms with Crippen LogP contribution in [0.5, 0.6) is 0 Å². The summed E-state index contributed by atoms with van der Waals surface area (Å²) < 4.78 is 15.6. The summed E-state index contributed by atoms with van der Waals surface area (Å²) in [6.07, 6.45) is 7.02. The van der Waals surface area contributed by atoms with E-state index in [0.717, 1.165) is 23.1 Å². The van der Waals surface area contributed by atoms with E-state index in [2.05, 4.69) is 16.8 Å². The molecule has 0 bridgehead atoms. The van der Waals surface area contributed by atoms with Gasteiger partial charge in [-0.1, -0.05) is 6.42 Å². The third kappa shape index (κ3) is 3.78. The zero-order valence-electron chi connectivity index (χ0n) is 15.6. The maximum absolute atomic E-state index is 13.9. The first kappa shape index (κ1) is 17.9. The molecule has 0 unspecified atom stereocenters. The molecule has 5 heteroatoms. The Morgan fingerprint density at radius 2 is 1.93 bits per heavy atom. The number of halogens is 1. The molecule has 1 atom stereocenters. The maximum atomic E-state index is 13.9. The van der Waals surface area contributed by atoms with Crippen molar-refractivity contribution in [3.63, 3.8) is 0 Å². The molecule has 3 aromatic rings. The van der Waals surface area contributed by atoms with Gasteiger partial charge in [-0.25, -0.2) is 4.39 Å². The van der Waals surface area contributed by atoms with Crippen LogP contribution in [0.3, 0.4) is 0 Å². The molecule has 0 spiro atoms. The summed E-state index contributed by atoms with van der Waals surface area (Å²) in [5, 5.41) is 0.893. The first-order valence-corrected chi connectivity index (χ1v) is 9.57. The summed E-state index contributed by atoms with van der Waals surface area (Å²) in [5.41, 5.74) is 2.34. The van der Waals surface area contributed by atoms with Crippen LogP contribution in [-0.2, 0) is 13.1 Å². The van der Waals surface area contributed by atoms with Crippen molar-refractivity contribution in [1.82, 2.24) is 14.5 Å². The number of likely N-dealkylation sites (tertiary alicyclic amines) is 1. The third-order valence-corrected chi connectivity index (χ3v) is 5.54. The molecule has 1 aliphatic heterocycles. The van der Waals surface area contributed by atoms with Crippen LogP contribution < -0.4 is 5.56 Å². The van der Waals surface area contributed by atoms with Crippen LogP contribution in [0.2, 0.25) is 0 Å². The Labute approximate surface area is 158 Å². The Morgan fingerprint density at radius 3 is 2.70 bits per heavy atom. The minimum absolute atomic E-state index is 0.0392. The van der Waals surface area contributed by atoms with Crippen molar-refractivity contribution < 1.29 is 4.39 Å². The lowest BCUT2D eigenvalue weighted by atomic mass is 10.0. The molecule has 0 aliphatic carbocycles. The van der Waals surface area contributed by atoms with Crippen LogP contribution in [0.25, 0.3) is 10.9 Å². The van der Waals surface area contributed by atoms with E-state index in [1.807, 2.05) is 18.2 Å². The van der Waals surface area contributed by atoms with E-state index >= 15 is 0 Å². The fourth-order valence-corrected chi connectivity index (χ4v) is 3.96. The highest BCUT2D eigenvalue weighted by Crippen LogP contribution is 2.21. The standard InChI is InChI=1S/C22H24FN3O/c1-16-4-2-3-11-25(16)15-19-12-18-5-6-20(23)13-21(18)26(22(19)27)14-17-7-9-24-10-8-17/h5-10,12-13,16H,2-4,11,14-15H2,1H3/t16-/m1/s1. The molecule has 1 aliphatic rings. The topological polar surface area (TPSA) is 38.1 Å². The molecule has 1 fully saturated rings. The molecule has 4 nitrogen and oxygen atoms in total. The maximum Gasteiger partial charge on any atom is 0.255 e. The number of aromatic nitrogens is 2. The number of nitrogens with zero attached hydrogens (tertiary/aromatic N) is 3. The summed E-state index contributed by atoms with van der Waals surface area (Å²) in [4.78, 5) is 19.7. The minimum atomic E-state index is -0.331. The van der Waals surface area contributed by atoms with Crippen molar-refractivity contribution in [2.24, 2.45) is 0 Å². The van der Waals surface area contributed by atoms with Gasteiger partial charge in [0.1, 0.15) is 5.82 Å². The second-order valence-electron chi connectivity index (χ2n) is 7.43. The quantitative estimate of drug-likeness (QED) is 0.702. The number of pyridine rings is 2. The number of hydrogen-bond donors (Lipinski definition) is 0. The molecule has 0 amide bonds. The zero-order valence-corrected chi connectivity index (χ0v) is 15.6. The van der Waals surface area contributed by atoms with E-state index < -0.39 is 0 Å². The van der Waals surface area contributed by atoms with Gasteiger partial charge in [-0.2, -0.15) is 0 Å². The fourth-order valence-electron chi connectivity index (χ4n) is 3.96. The lowest BCUT2D eigenvalue weighted by Crippen LogP contribution is -2.39. The van der Waals surface area contributed by atoms with Gasteiger partial charge < -0.3 is 4.57 Å². The Balaban J connectivity index is 1.79. The predicted octanol–water partition coefficient (Wildman–Crippen LogP) is 3.96. The molecule has 140 valence electrons. The van der Waals surface area contributed by atoms with Gasteiger partial charge in [0.25, 0.3) is 5.56 Å². The Morgan fingerprint density at radius 1 is 1.11 bits per heavy atom. The van der Waals surface area contributed by atoms with Crippen molar-refractivity contribution in [1.29, 1.82) is 0 Å². The molecule has 27 heavy (non-hydrogen) atoms. The molecule has 0 N–H and O–H groups in total.